The summed E-state index contributed by atoms with van der Waals surface area (Å²) in [4.78, 5) is 0. The quantitative estimate of drug-likeness (QED) is 0.625. The van der Waals surface area contributed by atoms with Gasteiger partial charge in [-0.1, -0.05) is 24.3 Å². The van der Waals surface area contributed by atoms with Crippen LogP contribution in [-0.4, -0.2) is 11.9 Å². The lowest BCUT2D eigenvalue weighted by Gasteiger charge is -2.18. The lowest BCUT2D eigenvalue weighted by Crippen LogP contribution is -2.22. The molecule has 14 heavy (non-hydrogen) atoms. The average molecular weight is 190 g/mol. The van der Waals surface area contributed by atoms with Gasteiger partial charge >= 0.3 is 0 Å². The fraction of sp³-hybridized carbons (Fsp3) is 0.500. The molecule has 2 heteroatoms. The summed E-state index contributed by atoms with van der Waals surface area (Å²) in [6, 6.07) is 8.44. The van der Waals surface area contributed by atoms with Gasteiger partial charge in [0.2, 0.25) is 0 Å². The average Bonchev–Trinajstić information content (AvgIpc) is 2.56. The summed E-state index contributed by atoms with van der Waals surface area (Å²) in [7, 11) is 0. The van der Waals surface area contributed by atoms with Crippen molar-refractivity contribution in [3.05, 3.63) is 35.4 Å². The number of fused-ring (bicyclic) bond motifs is 3. The van der Waals surface area contributed by atoms with Crippen LogP contribution < -0.4 is 0 Å². The van der Waals surface area contributed by atoms with Crippen molar-refractivity contribution in [3.63, 3.8) is 0 Å². The number of ether oxygens (including phenoxy) is 2. The standard InChI is InChI=1S/C12H14O2/c1-12(2)13-10-7-8-5-3-4-6-9(8)11(10)14-12/h3-6,10-11H,7H2,1-2H3/t10-,11+/m0/s1. The third-order valence-corrected chi connectivity index (χ3v) is 2.97. The first-order chi connectivity index (χ1) is 6.66. The SMILES string of the molecule is CC1(C)O[C@H]2Cc3ccccc3[C@H]2O1. The molecule has 3 rings (SSSR count). The van der Waals surface area contributed by atoms with E-state index in [1.165, 1.54) is 11.1 Å². The van der Waals surface area contributed by atoms with Crippen molar-refractivity contribution in [3.8, 4) is 0 Å². The van der Waals surface area contributed by atoms with E-state index in [9.17, 15) is 0 Å². The first-order valence-corrected chi connectivity index (χ1v) is 5.09. The highest BCUT2D eigenvalue weighted by Crippen LogP contribution is 2.45. The minimum atomic E-state index is -0.414. The largest absolute Gasteiger partial charge is 0.344 e. The second kappa shape index (κ2) is 2.59. The number of hydrogen-bond acceptors (Lipinski definition) is 2. The molecule has 1 aliphatic carbocycles. The number of benzene rings is 1. The van der Waals surface area contributed by atoms with Gasteiger partial charge in [-0.25, -0.2) is 0 Å². The predicted molar refractivity (Wildman–Crippen MR) is 52.9 cm³/mol. The maximum absolute atomic E-state index is 5.88. The van der Waals surface area contributed by atoms with Gasteiger partial charge in [0.05, 0.1) is 6.10 Å². The Morgan fingerprint density at radius 1 is 1.21 bits per heavy atom. The molecule has 1 aromatic rings. The van der Waals surface area contributed by atoms with Crippen LogP contribution in [0.4, 0.5) is 0 Å². The minimum absolute atomic E-state index is 0.154. The molecule has 0 N–H and O–H groups in total. The van der Waals surface area contributed by atoms with Crippen molar-refractivity contribution >= 4 is 0 Å². The molecule has 1 fully saturated rings. The van der Waals surface area contributed by atoms with Crippen molar-refractivity contribution in [1.29, 1.82) is 0 Å². The van der Waals surface area contributed by atoms with E-state index in [-0.39, 0.29) is 12.2 Å². The zero-order valence-electron chi connectivity index (χ0n) is 8.49. The van der Waals surface area contributed by atoms with Crippen LogP contribution in [0.15, 0.2) is 24.3 Å². The van der Waals surface area contributed by atoms with Crippen LogP contribution in [0.1, 0.15) is 31.1 Å². The molecular weight excluding hydrogens is 176 g/mol. The second-order valence-electron chi connectivity index (χ2n) is 4.50. The Labute approximate surface area is 83.8 Å². The minimum Gasteiger partial charge on any atom is -0.344 e. The maximum atomic E-state index is 5.88. The van der Waals surface area contributed by atoms with E-state index >= 15 is 0 Å². The molecule has 1 saturated heterocycles. The van der Waals surface area contributed by atoms with E-state index in [0.29, 0.717) is 0 Å². The van der Waals surface area contributed by atoms with E-state index in [1.807, 2.05) is 13.8 Å². The molecule has 0 bridgehead atoms. The molecule has 1 aromatic carbocycles. The van der Waals surface area contributed by atoms with Crippen molar-refractivity contribution in [2.24, 2.45) is 0 Å². The molecule has 1 heterocycles. The van der Waals surface area contributed by atoms with Crippen LogP contribution in [0.3, 0.4) is 0 Å². The van der Waals surface area contributed by atoms with Crippen LogP contribution in [0.25, 0.3) is 0 Å². The highest BCUT2D eigenvalue weighted by atomic mass is 16.8. The molecule has 0 spiro atoms. The molecule has 0 radical (unpaired) electrons. The van der Waals surface area contributed by atoms with Crippen LogP contribution in [-0.2, 0) is 15.9 Å². The normalized spacial score (nSPS) is 32.7. The molecular formula is C12H14O2. The van der Waals surface area contributed by atoms with E-state index in [0.717, 1.165) is 6.42 Å². The molecule has 2 aliphatic rings. The Morgan fingerprint density at radius 2 is 2.00 bits per heavy atom. The van der Waals surface area contributed by atoms with Gasteiger partial charge < -0.3 is 9.47 Å². The fourth-order valence-electron chi connectivity index (χ4n) is 2.46. The van der Waals surface area contributed by atoms with Crippen molar-refractivity contribution in [1.82, 2.24) is 0 Å². The summed E-state index contributed by atoms with van der Waals surface area (Å²) in [6.07, 6.45) is 1.37. The van der Waals surface area contributed by atoms with Crippen LogP contribution in [0.5, 0.6) is 0 Å². The molecule has 2 nitrogen and oxygen atoms in total. The van der Waals surface area contributed by atoms with Crippen molar-refractivity contribution in [2.45, 2.75) is 38.3 Å². The summed E-state index contributed by atoms with van der Waals surface area (Å²) >= 11 is 0. The Balaban J connectivity index is 2.00. The van der Waals surface area contributed by atoms with Gasteiger partial charge in [0, 0.05) is 6.42 Å². The van der Waals surface area contributed by atoms with Gasteiger partial charge in [0.15, 0.2) is 5.79 Å². The summed E-state index contributed by atoms with van der Waals surface area (Å²) in [5.74, 6) is -0.414. The van der Waals surface area contributed by atoms with Gasteiger partial charge in [-0.3, -0.25) is 0 Å². The van der Waals surface area contributed by atoms with Crippen LogP contribution >= 0.6 is 0 Å². The topological polar surface area (TPSA) is 18.5 Å². The highest BCUT2D eigenvalue weighted by molar-refractivity contribution is 5.36. The van der Waals surface area contributed by atoms with Crippen LogP contribution in [0, 0.1) is 0 Å². The number of hydrogen-bond donors (Lipinski definition) is 0. The molecule has 0 saturated carbocycles. The molecule has 2 atom stereocenters. The molecule has 74 valence electrons. The Hall–Kier alpha value is -0.860. The summed E-state index contributed by atoms with van der Waals surface area (Å²) in [5.41, 5.74) is 2.68. The first kappa shape index (κ1) is 8.45. The molecule has 0 unspecified atom stereocenters. The summed E-state index contributed by atoms with van der Waals surface area (Å²) in [5, 5.41) is 0. The monoisotopic (exact) mass is 190 g/mol. The lowest BCUT2D eigenvalue weighted by molar-refractivity contribution is -0.148. The van der Waals surface area contributed by atoms with E-state index in [2.05, 4.69) is 24.3 Å². The molecule has 0 amide bonds. The lowest BCUT2D eigenvalue weighted by atomic mass is 10.1. The van der Waals surface area contributed by atoms with Crippen molar-refractivity contribution < 1.29 is 9.47 Å². The van der Waals surface area contributed by atoms with E-state index in [1.54, 1.807) is 0 Å². The van der Waals surface area contributed by atoms with Gasteiger partial charge in [0.25, 0.3) is 0 Å². The smallest absolute Gasteiger partial charge is 0.164 e. The summed E-state index contributed by atoms with van der Waals surface area (Å²) in [6.45, 7) is 3.96. The van der Waals surface area contributed by atoms with Gasteiger partial charge in [-0.2, -0.15) is 0 Å². The molecule has 0 aromatic heterocycles. The van der Waals surface area contributed by atoms with Gasteiger partial charge in [-0.05, 0) is 25.0 Å². The molecule has 1 aliphatic heterocycles. The zero-order chi connectivity index (χ0) is 9.76. The Bertz CT molecular complexity index is 370. The zero-order valence-corrected chi connectivity index (χ0v) is 8.49. The summed E-state index contributed by atoms with van der Waals surface area (Å²) < 4.78 is 11.7. The number of rotatable bonds is 0. The second-order valence-corrected chi connectivity index (χ2v) is 4.50. The fourth-order valence-corrected chi connectivity index (χ4v) is 2.46. The predicted octanol–water partition coefficient (Wildman–Crippen LogP) is 2.44. The van der Waals surface area contributed by atoms with Crippen LogP contribution in [0.2, 0.25) is 0 Å². The van der Waals surface area contributed by atoms with Crippen molar-refractivity contribution in [2.75, 3.05) is 0 Å². The van der Waals surface area contributed by atoms with Gasteiger partial charge in [0.1, 0.15) is 6.10 Å². The van der Waals surface area contributed by atoms with Gasteiger partial charge in [-0.15, -0.1) is 0 Å². The third kappa shape index (κ3) is 1.11. The highest BCUT2D eigenvalue weighted by Gasteiger charge is 2.46. The maximum Gasteiger partial charge on any atom is 0.164 e. The third-order valence-electron chi connectivity index (χ3n) is 2.97. The van der Waals surface area contributed by atoms with E-state index in [4.69, 9.17) is 9.47 Å². The first-order valence-electron chi connectivity index (χ1n) is 5.09. The van der Waals surface area contributed by atoms with E-state index < -0.39 is 5.79 Å². The Morgan fingerprint density at radius 3 is 2.86 bits per heavy atom. The Kier molecular flexibility index (Phi) is 1.56.